The van der Waals surface area contributed by atoms with Crippen LogP contribution >= 0.6 is 12.4 Å². The molecule has 6 nitrogen and oxygen atoms in total. The van der Waals surface area contributed by atoms with E-state index in [1.54, 1.807) is 0 Å². The molecule has 1 saturated carbocycles. The lowest BCUT2D eigenvalue weighted by molar-refractivity contribution is -0.135. The van der Waals surface area contributed by atoms with Crippen molar-refractivity contribution in [3.8, 4) is 5.75 Å². The first-order chi connectivity index (χ1) is 13.1. The maximum atomic E-state index is 12.9. The maximum absolute atomic E-state index is 12.9. The molecule has 0 radical (unpaired) electrons. The number of ether oxygens (including phenoxy) is 1. The molecule has 0 aromatic heterocycles. The molecule has 1 aliphatic carbocycles. The molecule has 1 unspecified atom stereocenters. The van der Waals surface area contributed by atoms with E-state index in [-0.39, 0.29) is 29.6 Å². The summed E-state index contributed by atoms with van der Waals surface area (Å²) < 4.78 is 5.59. The monoisotopic (exact) mass is 407 g/mol. The number of nitrogens with zero attached hydrogens (tertiary/aromatic N) is 2. The molecule has 3 aliphatic rings. The van der Waals surface area contributed by atoms with Crippen molar-refractivity contribution >= 4 is 24.2 Å². The van der Waals surface area contributed by atoms with Crippen LogP contribution in [0.1, 0.15) is 36.5 Å². The Balaban J connectivity index is 0.00000225. The molecule has 1 aromatic rings. The van der Waals surface area contributed by atoms with Crippen LogP contribution < -0.4 is 10.1 Å². The first-order valence-electron chi connectivity index (χ1n) is 10.2. The normalized spacial score (nSPS) is 23.1. The number of para-hydroxylation sites is 1. The molecule has 3 fully saturated rings. The summed E-state index contributed by atoms with van der Waals surface area (Å²) in [7, 11) is 0. The highest BCUT2D eigenvalue weighted by Gasteiger charge is 2.58. The molecule has 2 saturated heterocycles. The minimum Gasteiger partial charge on any atom is -0.493 e. The zero-order chi connectivity index (χ0) is 18.9. The second-order valence-electron chi connectivity index (χ2n) is 7.92. The second-order valence-corrected chi connectivity index (χ2v) is 7.92. The Morgan fingerprint density at radius 1 is 1.11 bits per heavy atom. The number of amides is 2. The molecule has 1 atom stereocenters. The summed E-state index contributed by atoms with van der Waals surface area (Å²) in [4.78, 5) is 29.6. The summed E-state index contributed by atoms with van der Waals surface area (Å²) in [5.74, 6) is 1.14. The van der Waals surface area contributed by atoms with Gasteiger partial charge in [0.25, 0.3) is 5.91 Å². The van der Waals surface area contributed by atoms with Gasteiger partial charge in [0.05, 0.1) is 12.2 Å². The summed E-state index contributed by atoms with van der Waals surface area (Å²) in [6.07, 6.45) is 3.29. The third kappa shape index (κ3) is 3.98. The van der Waals surface area contributed by atoms with E-state index in [0.717, 1.165) is 32.4 Å². The number of hydrogen-bond acceptors (Lipinski definition) is 4. The number of rotatable bonds is 4. The molecule has 4 rings (SSSR count). The third-order valence-corrected chi connectivity index (χ3v) is 6.38. The quantitative estimate of drug-likeness (QED) is 0.831. The SMILES string of the molecule is CCOc1ccccc1C(=O)N1CCN(C(=O)C2CC23CCNCC3)CC1.Cl. The van der Waals surface area contributed by atoms with Gasteiger partial charge in [-0.25, -0.2) is 0 Å². The fourth-order valence-electron chi connectivity index (χ4n) is 4.62. The number of carbonyl (C=O) groups is 2. The summed E-state index contributed by atoms with van der Waals surface area (Å²) in [5, 5.41) is 3.39. The third-order valence-electron chi connectivity index (χ3n) is 6.38. The number of nitrogens with one attached hydrogen (secondary N) is 1. The van der Waals surface area contributed by atoms with Crippen LogP contribution in [0.15, 0.2) is 24.3 Å². The lowest BCUT2D eigenvalue weighted by Gasteiger charge is -2.36. The summed E-state index contributed by atoms with van der Waals surface area (Å²) in [6, 6.07) is 7.39. The van der Waals surface area contributed by atoms with Gasteiger partial charge in [0.15, 0.2) is 0 Å². The van der Waals surface area contributed by atoms with Crippen LogP contribution in [0, 0.1) is 11.3 Å². The second kappa shape index (κ2) is 8.70. The molecule has 154 valence electrons. The van der Waals surface area contributed by atoms with Crippen molar-refractivity contribution in [3.05, 3.63) is 29.8 Å². The van der Waals surface area contributed by atoms with Gasteiger partial charge >= 0.3 is 0 Å². The zero-order valence-corrected chi connectivity index (χ0v) is 17.3. The summed E-state index contributed by atoms with van der Waals surface area (Å²) in [6.45, 7) is 6.96. The van der Waals surface area contributed by atoms with E-state index in [9.17, 15) is 9.59 Å². The first-order valence-corrected chi connectivity index (χ1v) is 10.2. The van der Waals surface area contributed by atoms with Crippen molar-refractivity contribution in [1.82, 2.24) is 15.1 Å². The smallest absolute Gasteiger partial charge is 0.257 e. The van der Waals surface area contributed by atoms with E-state index in [0.29, 0.717) is 50.0 Å². The standard InChI is InChI=1S/C21H29N3O3.ClH/c1-2-27-18-6-4-3-5-16(18)19(25)23-11-13-24(14-12-23)20(26)17-15-21(17)7-9-22-10-8-21;/h3-6,17,22H,2,7-15H2,1H3;1H. The minimum atomic E-state index is -0.00704. The molecule has 1 spiro atoms. The Kier molecular flexibility index (Phi) is 6.50. The number of piperidine rings is 1. The Labute approximate surface area is 173 Å². The van der Waals surface area contributed by atoms with E-state index in [2.05, 4.69) is 5.32 Å². The topological polar surface area (TPSA) is 61.9 Å². The number of piperazine rings is 1. The Morgan fingerprint density at radius 3 is 2.43 bits per heavy atom. The van der Waals surface area contributed by atoms with Gasteiger partial charge in [0, 0.05) is 32.1 Å². The molecule has 2 heterocycles. The van der Waals surface area contributed by atoms with Crippen LogP contribution in [-0.4, -0.2) is 67.5 Å². The Bertz CT molecular complexity index is 713. The largest absolute Gasteiger partial charge is 0.493 e. The van der Waals surface area contributed by atoms with Crippen molar-refractivity contribution in [2.24, 2.45) is 11.3 Å². The van der Waals surface area contributed by atoms with Gasteiger partial charge < -0.3 is 19.9 Å². The van der Waals surface area contributed by atoms with Crippen molar-refractivity contribution < 1.29 is 14.3 Å². The van der Waals surface area contributed by atoms with Gasteiger partial charge in [-0.3, -0.25) is 9.59 Å². The molecule has 1 aromatic carbocycles. The van der Waals surface area contributed by atoms with Crippen molar-refractivity contribution in [1.29, 1.82) is 0 Å². The maximum Gasteiger partial charge on any atom is 0.257 e. The highest BCUT2D eigenvalue weighted by Crippen LogP contribution is 2.59. The average Bonchev–Trinajstić information content (AvgIpc) is 3.41. The van der Waals surface area contributed by atoms with Gasteiger partial charge in [-0.15, -0.1) is 12.4 Å². The molecular formula is C21H30ClN3O3. The van der Waals surface area contributed by atoms with Gasteiger partial charge in [0.2, 0.25) is 5.91 Å². The predicted molar refractivity (Wildman–Crippen MR) is 110 cm³/mol. The Hall–Kier alpha value is -1.79. The van der Waals surface area contributed by atoms with E-state index < -0.39 is 0 Å². The highest BCUT2D eigenvalue weighted by molar-refractivity contribution is 5.97. The minimum absolute atomic E-state index is 0. The molecular weight excluding hydrogens is 378 g/mol. The summed E-state index contributed by atoms with van der Waals surface area (Å²) >= 11 is 0. The van der Waals surface area contributed by atoms with E-state index in [4.69, 9.17) is 4.74 Å². The van der Waals surface area contributed by atoms with Crippen LogP contribution in [0.3, 0.4) is 0 Å². The first kappa shape index (κ1) is 20.9. The van der Waals surface area contributed by atoms with Gasteiger partial charge in [-0.2, -0.15) is 0 Å². The number of halogens is 1. The van der Waals surface area contributed by atoms with Gasteiger partial charge in [-0.1, -0.05) is 12.1 Å². The van der Waals surface area contributed by atoms with Crippen LogP contribution in [0.2, 0.25) is 0 Å². The number of benzene rings is 1. The van der Waals surface area contributed by atoms with Crippen LogP contribution in [0.5, 0.6) is 5.75 Å². The van der Waals surface area contributed by atoms with Crippen LogP contribution in [0.25, 0.3) is 0 Å². The van der Waals surface area contributed by atoms with Crippen LogP contribution in [0.4, 0.5) is 0 Å². The molecule has 1 N–H and O–H groups in total. The average molecular weight is 408 g/mol. The van der Waals surface area contributed by atoms with Crippen LogP contribution in [-0.2, 0) is 4.79 Å². The number of carbonyl (C=O) groups excluding carboxylic acids is 2. The van der Waals surface area contributed by atoms with E-state index in [1.807, 2.05) is 41.0 Å². The van der Waals surface area contributed by atoms with Crippen molar-refractivity contribution in [3.63, 3.8) is 0 Å². The van der Waals surface area contributed by atoms with Crippen molar-refractivity contribution in [2.45, 2.75) is 26.2 Å². The molecule has 28 heavy (non-hydrogen) atoms. The molecule has 2 aliphatic heterocycles. The molecule has 7 heteroatoms. The fraction of sp³-hybridized carbons (Fsp3) is 0.619. The molecule has 0 bridgehead atoms. The van der Waals surface area contributed by atoms with Crippen molar-refractivity contribution in [2.75, 3.05) is 45.9 Å². The van der Waals surface area contributed by atoms with E-state index in [1.165, 1.54) is 0 Å². The predicted octanol–water partition coefficient (Wildman–Crippen LogP) is 2.18. The summed E-state index contributed by atoms with van der Waals surface area (Å²) in [5.41, 5.74) is 0.876. The number of hydrogen-bond donors (Lipinski definition) is 1. The highest BCUT2D eigenvalue weighted by atomic mass is 35.5. The van der Waals surface area contributed by atoms with Gasteiger partial charge in [-0.05, 0) is 56.8 Å². The fourth-order valence-corrected chi connectivity index (χ4v) is 4.62. The lowest BCUT2D eigenvalue weighted by Crippen LogP contribution is -2.51. The lowest BCUT2D eigenvalue weighted by atomic mass is 9.91. The van der Waals surface area contributed by atoms with E-state index >= 15 is 0 Å². The Morgan fingerprint density at radius 2 is 1.75 bits per heavy atom. The zero-order valence-electron chi connectivity index (χ0n) is 16.5. The molecule has 2 amide bonds. The van der Waals surface area contributed by atoms with Gasteiger partial charge in [0.1, 0.15) is 5.75 Å².